The molecule has 104 valence electrons. The molecule has 0 heterocycles. The fourth-order valence-electron chi connectivity index (χ4n) is 2.62. The normalized spacial score (nSPS) is 15.1. The maximum atomic E-state index is 13.7. The summed E-state index contributed by atoms with van der Waals surface area (Å²) in [6, 6.07) is 9.81. The van der Waals surface area contributed by atoms with Crippen molar-refractivity contribution in [1.82, 2.24) is 0 Å². The number of fused-ring (bicyclic) bond motifs is 1. The Morgan fingerprint density at radius 1 is 1.15 bits per heavy atom. The van der Waals surface area contributed by atoms with Gasteiger partial charge in [-0.3, -0.25) is 0 Å². The fourth-order valence-corrected chi connectivity index (χ4v) is 2.62. The summed E-state index contributed by atoms with van der Waals surface area (Å²) in [4.78, 5) is 12.1. The molecule has 0 spiro atoms. The van der Waals surface area contributed by atoms with Gasteiger partial charge in [0.1, 0.15) is 5.82 Å². The van der Waals surface area contributed by atoms with Gasteiger partial charge >= 0.3 is 5.97 Å². The molecule has 1 aliphatic rings. The van der Waals surface area contributed by atoms with Crippen LogP contribution in [-0.2, 0) is 4.74 Å². The van der Waals surface area contributed by atoms with Crippen molar-refractivity contribution in [1.29, 1.82) is 0 Å². The van der Waals surface area contributed by atoms with Gasteiger partial charge in [0, 0.05) is 5.39 Å². The Kier molecular flexibility index (Phi) is 3.68. The first-order valence-electron chi connectivity index (χ1n) is 7.10. The maximum absolute atomic E-state index is 13.7. The summed E-state index contributed by atoms with van der Waals surface area (Å²) < 4.78 is 19.0. The largest absolute Gasteiger partial charge is 0.462 e. The van der Waals surface area contributed by atoms with Gasteiger partial charge < -0.3 is 4.74 Å². The minimum Gasteiger partial charge on any atom is -0.462 e. The Labute approximate surface area is 117 Å². The molecule has 3 rings (SSSR count). The number of hydrogen-bond donors (Lipinski definition) is 0. The molecule has 0 unspecified atom stereocenters. The number of ether oxygens (including phenoxy) is 1. The van der Waals surface area contributed by atoms with Gasteiger partial charge in [-0.2, -0.15) is 0 Å². The first-order valence-corrected chi connectivity index (χ1v) is 7.10. The van der Waals surface area contributed by atoms with Gasteiger partial charge in [-0.05, 0) is 29.9 Å². The Hall–Kier alpha value is -1.90. The van der Waals surface area contributed by atoms with Crippen LogP contribution in [0.15, 0.2) is 36.4 Å². The van der Waals surface area contributed by atoms with Crippen molar-refractivity contribution in [2.45, 2.75) is 25.7 Å². The molecular weight excluding hydrogens is 255 g/mol. The highest BCUT2D eigenvalue weighted by atomic mass is 19.1. The van der Waals surface area contributed by atoms with E-state index in [0.717, 1.165) is 6.42 Å². The van der Waals surface area contributed by atoms with E-state index in [2.05, 4.69) is 0 Å². The summed E-state index contributed by atoms with van der Waals surface area (Å²) >= 11 is 0. The van der Waals surface area contributed by atoms with E-state index in [1.54, 1.807) is 24.3 Å². The van der Waals surface area contributed by atoms with Crippen LogP contribution in [0.4, 0.5) is 4.39 Å². The number of halogens is 1. The van der Waals surface area contributed by atoms with Crippen molar-refractivity contribution in [2.24, 2.45) is 5.92 Å². The third kappa shape index (κ3) is 2.53. The topological polar surface area (TPSA) is 26.3 Å². The molecule has 0 N–H and O–H groups in total. The first-order chi connectivity index (χ1) is 9.75. The summed E-state index contributed by atoms with van der Waals surface area (Å²) in [5.41, 5.74) is 0.440. The van der Waals surface area contributed by atoms with Crippen LogP contribution < -0.4 is 0 Å². The smallest absolute Gasteiger partial charge is 0.338 e. The molecule has 0 radical (unpaired) electrons. The second kappa shape index (κ2) is 5.61. The second-order valence-electron chi connectivity index (χ2n) is 5.36. The van der Waals surface area contributed by atoms with Gasteiger partial charge in [-0.25, -0.2) is 9.18 Å². The number of hydrogen-bond acceptors (Lipinski definition) is 2. The molecule has 1 saturated carbocycles. The summed E-state index contributed by atoms with van der Waals surface area (Å²) in [6.45, 7) is 0.454. The van der Waals surface area contributed by atoms with Crippen molar-refractivity contribution in [2.75, 3.05) is 6.61 Å². The second-order valence-corrected chi connectivity index (χ2v) is 5.36. The van der Waals surface area contributed by atoms with Crippen LogP contribution in [0.1, 0.15) is 36.0 Å². The molecule has 0 aromatic heterocycles. The highest BCUT2D eigenvalue weighted by Crippen LogP contribution is 2.29. The van der Waals surface area contributed by atoms with E-state index in [1.165, 1.54) is 31.4 Å². The van der Waals surface area contributed by atoms with E-state index in [0.29, 0.717) is 28.9 Å². The molecule has 1 aliphatic carbocycles. The highest BCUT2D eigenvalue weighted by Gasteiger charge is 2.18. The number of esters is 1. The molecule has 2 aromatic carbocycles. The van der Waals surface area contributed by atoms with Crippen LogP contribution in [-0.4, -0.2) is 12.6 Å². The monoisotopic (exact) mass is 272 g/mol. The zero-order valence-corrected chi connectivity index (χ0v) is 11.3. The molecule has 20 heavy (non-hydrogen) atoms. The lowest BCUT2D eigenvalue weighted by Gasteiger charge is -2.24. The molecule has 2 nitrogen and oxygen atoms in total. The number of rotatable bonds is 4. The highest BCUT2D eigenvalue weighted by molar-refractivity contribution is 6.04. The summed E-state index contributed by atoms with van der Waals surface area (Å²) in [6.07, 6.45) is 4.72. The number of benzene rings is 2. The van der Waals surface area contributed by atoms with E-state index in [4.69, 9.17) is 4.74 Å². The average molecular weight is 272 g/mol. The Balaban J connectivity index is 1.75. The van der Waals surface area contributed by atoms with Gasteiger partial charge in [0.2, 0.25) is 0 Å². The third-order valence-electron chi connectivity index (χ3n) is 4.07. The zero-order chi connectivity index (χ0) is 13.9. The SMILES string of the molecule is O=C(OCCC1CCC1)c1ccc(F)c2ccccc12. The van der Waals surface area contributed by atoms with Crippen LogP contribution in [0, 0.1) is 11.7 Å². The van der Waals surface area contributed by atoms with Gasteiger partial charge in [-0.15, -0.1) is 0 Å². The Morgan fingerprint density at radius 2 is 1.90 bits per heavy atom. The predicted molar refractivity (Wildman–Crippen MR) is 76.1 cm³/mol. The molecule has 0 atom stereocenters. The maximum Gasteiger partial charge on any atom is 0.338 e. The molecule has 0 amide bonds. The standard InChI is InChI=1S/C17H17FO2/c18-16-9-8-15(13-6-1-2-7-14(13)16)17(19)20-11-10-12-4-3-5-12/h1-2,6-9,12H,3-5,10-11H2. The Morgan fingerprint density at radius 3 is 2.60 bits per heavy atom. The lowest BCUT2D eigenvalue weighted by atomic mass is 9.83. The predicted octanol–water partition coefficient (Wildman–Crippen LogP) is 4.33. The Bertz CT molecular complexity index is 632. The molecule has 0 aliphatic heterocycles. The van der Waals surface area contributed by atoms with Crippen LogP contribution in [0.5, 0.6) is 0 Å². The zero-order valence-electron chi connectivity index (χ0n) is 11.3. The summed E-state index contributed by atoms with van der Waals surface area (Å²) in [5, 5.41) is 1.07. The minimum atomic E-state index is -0.361. The molecule has 2 aromatic rings. The van der Waals surface area contributed by atoms with Crippen molar-refractivity contribution in [3.63, 3.8) is 0 Å². The van der Waals surface area contributed by atoms with Crippen LogP contribution in [0.2, 0.25) is 0 Å². The first kappa shape index (κ1) is 13.1. The lowest BCUT2D eigenvalue weighted by Crippen LogP contribution is -2.15. The van der Waals surface area contributed by atoms with Crippen LogP contribution >= 0.6 is 0 Å². The molecule has 0 bridgehead atoms. The van der Waals surface area contributed by atoms with E-state index in [-0.39, 0.29) is 11.8 Å². The third-order valence-corrected chi connectivity index (χ3v) is 4.07. The molecule has 3 heteroatoms. The van der Waals surface area contributed by atoms with Crippen molar-refractivity contribution in [3.05, 3.63) is 47.8 Å². The van der Waals surface area contributed by atoms with E-state index in [1.807, 2.05) is 0 Å². The summed E-state index contributed by atoms with van der Waals surface area (Å²) in [7, 11) is 0. The number of carbonyl (C=O) groups is 1. The molecule has 1 fully saturated rings. The molecule has 0 saturated heterocycles. The van der Waals surface area contributed by atoms with Gasteiger partial charge in [0.25, 0.3) is 0 Å². The summed E-state index contributed by atoms with van der Waals surface area (Å²) in [5.74, 6) is 0.0416. The van der Waals surface area contributed by atoms with Crippen molar-refractivity contribution >= 4 is 16.7 Å². The van der Waals surface area contributed by atoms with E-state index < -0.39 is 0 Å². The molecular formula is C17H17FO2. The van der Waals surface area contributed by atoms with Gasteiger partial charge in [-0.1, -0.05) is 43.5 Å². The van der Waals surface area contributed by atoms with Crippen molar-refractivity contribution in [3.8, 4) is 0 Å². The van der Waals surface area contributed by atoms with E-state index >= 15 is 0 Å². The quantitative estimate of drug-likeness (QED) is 0.774. The van der Waals surface area contributed by atoms with Crippen molar-refractivity contribution < 1.29 is 13.9 Å². The van der Waals surface area contributed by atoms with Gasteiger partial charge in [0.15, 0.2) is 0 Å². The fraction of sp³-hybridized carbons (Fsp3) is 0.353. The minimum absolute atomic E-state index is 0.313. The average Bonchev–Trinajstić information content (AvgIpc) is 2.42. The van der Waals surface area contributed by atoms with Crippen LogP contribution in [0.25, 0.3) is 10.8 Å². The van der Waals surface area contributed by atoms with E-state index in [9.17, 15) is 9.18 Å². The lowest BCUT2D eigenvalue weighted by molar-refractivity contribution is 0.0466. The van der Waals surface area contributed by atoms with Gasteiger partial charge in [0.05, 0.1) is 12.2 Å². The number of carbonyl (C=O) groups excluding carboxylic acids is 1. The van der Waals surface area contributed by atoms with Crippen LogP contribution in [0.3, 0.4) is 0 Å².